The minimum Gasteiger partial charge on any atom is -0.373 e. The highest BCUT2D eigenvalue weighted by Gasteiger charge is 2.21. The van der Waals surface area contributed by atoms with Crippen LogP contribution in [0.2, 0.25) is 0 Å². The quantitative estimate of drug-likeness (QED) is 0.865. The van der Waals surface area contributed by atoms with Gasteiger partial charge in [0.15, 0.2) is 0 Å². The molecule has 100 valence electrons. The molecule has 1 fully saturated rings. The van der Waals surface area contributed by atoms with Gasteiger partial charge >= 0.3 is 0 Å². The van der Waals surface area contributed by atoms with Crippen molar-refractivity contribution in [2.45, 2.75) is 51.6 Å². The van der Waals surface area contributed by atoms with Gasteiger partial charge in [-0.1, -0.05) is 19.8 Å². The van der Waals surface area contributed by atoms with Gasteiger partial charge in [-0.05, 0) is 43.5 Å². The molecule has 1 unspecified atom stereocenters. The topological polar surface area (TPSA) is 28.2 Å². The van der Waals surface area contributed by atoms with Gasteiger partial charge in [0.1, 0.15) is 5.82 Å². The summed E-state index contributed by atoms with van der Waals surface area (Å²) in [6, 6.07) is 5.09. The van der Waals surface area contributed by atoms with E-state index in [1.165, 1.54) is 44.2 Å². The van der Waals surface area contributed by atoms with Gasteiger partial charge in [0.25, 0.3) is 0 Å². The van der Waals surface area contributed by atoms with E-state index in [0.29, 0.717) is 0 Å². The Balaban J connectivity index is 2.01. The van der Waals surface area contributed by atoms with Gasteiger partial charge in [-0.25, -0.2) is 4.98 Å². The summed E-state index contributed by atoms with van der Waals surface area (Å²) in [5, 5.41) is 3.11. The molecule has 1 aliphatic heterocycles. The molecule has 2 heterocycles. The highest BCUT2D eigenvalue weighted by molar-refractivity contribution is 5.36. The first-order valence-electron chi connectivity index (χ1n) is 7.20. The molecule has 1 aliphatic rings. The summed E-state index contributed by atoms with van der Waals surface area (Å²) >= 11 is 0. The number of likely N-dealkylation sites (tertiary alicyclic amines) is 1. The Kier molecular flexibility index (Phi) is 5.00. The van der Waals surface area contributed by atoms with Crippen LogP contribution in [0.1, 0.15) is 44.6 Å². The van der Waals surface area contributed by atoms with E-state index in [1.54, 1.807) is 0 Å². The summed E-state index contributed by atoms with van der Waals surface area (Å²) in [5.41, 5.74) is 1.37. The van der Waals surface area contributed by atoms with Gasteiger partial charge in [-0.3, -0.25) is 4.90 Å². The maximum Gasteiger partial charge on any atom is 0.125 e. The molecular weight excluding hydrogens is 222 g/mol. The van der Waals surface area contributed by atoms with E-state index in [1.807, 2.05) is 13.2 Å². The lowest BCUT2D eigenvalue weighted by molar-refractivity contribution is 0.131. The molecule has 1 aromatic heterocycles. The number of rotatable bonds is 5. The van der Waals surface area contributed by atoms with Crippen LogP contribution in [-0.4, -0.2) is 29.5 Å². The van der Waals surface area contributed by atoms with Crippen LogP contribution >= 0.6 is 0 Å². The summed E-state index contributed by atoms with van der Waals surface area (Å²) in [5.74, 6) is 0.969. The Hall–Kier alpha value is -1.09. The number of nitrogens with zero attached hydrogens (tertiary/aromatic N) is 2. The van der Waals surface area contributed by atoms with Gasteiger partial charge in [-0.2, -0.15) is 0 Å². The zero-order chi connectivity index (χ0) is 12.8. The van der Waals surface area contributed by atoms with Crippen molar-refractivity contribution in [3.8, 4) is 0 Å². The van der Waals surface area contributed by atoms with Crippen LogP contribution in [0.4, 0.5) is 5.82 Å². The monoisotopic (exact) mass is 247 g/mol. The summed E-state index contributed by atoms with van der Waals surface area (Å²) < 4.78 is 0. The van der Waals surface area contributed by atoms with Crippen molar-refractivity contribution in [1.29, 1.82) is 0 Å². The number of hydrogen-bond acceptors (Lipinski definition) is 3. The molecule has 0 amide bonds. The second-order valence-electron chi connectivity index (χ2n) is 5.21. The van der Waals surface area contributed by atoms with E-state index in [9.17, 15) is 0 Å². The van der Waals surface area contributed by atoms with Crippen molar-refractivity contribution >= 4 is 5.82 Å². The Morgan fingerprint density at radius 3 is 3.11 bits per heavy atom. The van der Waals surface area contributed by atoms with Crippen LogP contribution < -0.4 is 5.32 Å². The molecule has 3 nitrogen and oxygen atoms in total. The lowest BCUT2D eigenvalue weighted by Crippen LogP contribution is -2.38. The fourth-order valence-corrected chi connectivity index (χ4v) is 2.87. The summed E-state index contributed by atoms with van der Waals surface area (Å²) in [6.45, 7) is 4.61. The zero-order valence-corrected chi connectivity index (χ0v) is 11.7. The number of pyridine rings is 1. The van der Waals surface area contributed by atoms with Crippen LogP contribution in [0.3, 0.4) is 0 Å². The predicted octanol–water partition coefficient (Wildman–Crippen LogP) is 3.28. The fourth-order valence-electron chi connectivity index (χ4n) is 2.87. The van der Waals surface area contributed by atoms with Crippen molar-refractivity contribution in [3.63, 3.8) is 0 Å². The van der Waals surface area contributed by atoms with E-state index < -0.39 is 0 Å². The molecule has 2 rings (SSSR count). The van der Waals surface area contributed by atoms with Crippen LogP contribution in [0.25, 0.3) is 0 Å². The van der Waals surface area contributed by atoms with E-state index in [2.05, 4.69) is 34.3 Å². The molecule has 0 aliphatic carbocycles. The number of nitrogens with one attached hydrogen (secondary N) is 1. The fraction of sp³-hybridized carbons (Fsp3) is 0.667. The number of aromatic nitrogens is 1. The van der Waals surface area contributed by atoms with Crippen molar-refractivity contribution in [1.82, 2.24) is 9.88 Å². The average Bonchev–Trinajstić information content (AvgIpc) is 2.41. The second kappa shape index (κ2) is 6.74. The van der Waals surface area contributed by atoms with E-state index in [-0.39, 0.29) is 0 Å². The van der Waals surface area contributed by atoms with Gasteiger partial charge in [0.05, 0.1) is 0 Å². The van der Waals surface area contributed by atoms with Crippen LogP contribution in [0.5, 0.6) is 0 Å². The zero-order valence-electron chi connectivity index (χ0n) is 11.7. The first-order chi connectivity index (χ1) is 8.83. The first-order valence-corrected chi connectivity index (χ1v) is 7.20. The smallest absolute Gasteiger partial charge is 0.125 e. The minimum atomic E-state index is 0.787. The maximum atomic E-state index is 4.28. The molecule has 1 N–H and O–H groups in total. The number of anilines is 1. The molecule has 3 heteroatoms. The van der Waals surface area contributed by atoms with E-state index in [4.69, 9.17) is 0 Å². The molecule has 0 saturated carbocycles. The lowest BCUT2D eigenvalue weighted by Gasteiger charge is -2.35. The number of hydrogen-bond donors (Lipinski definition) is 1. The van der Waals surface area contributed by atoms with Crippen LogP contribution in [0.15, 0.2) is 18.3 Å². The van der Waals surface area contributed by atoms with Crippen LogP contribution in [0, 0.1) is 0 Å². The SMILES string of the molecule is CCCC1CCCCN1Cc1ccnc(NC)c1. The van der Waals surface area contributed by atoms with E-state index in [0.717, 1.165) is 18.4 Å². The lowest BCUT2D eigenvalue weighted by atomic mass is 9.97. The molecule has 0 radical (unpaired) electrons. The Labute approximate surface area is 111 Å². The first kappa shape index (κ1) is 13.3. The van der Waals surface area contributed by atoms with Crippen molar-refractivity contribution in [3.05, 3.63) is 23.9 Å². The Morgan fingerprint density at radius 2 is 2.33 bits per heavy atom. The third-order valence-corrected chi connectivity index (χ3v) is 3.84. The predicted molar refractivity (Wildman–Crippen MR) is 76.7 cm³/mol. The molecule has 18 heavy (non-hydrogen) atoms. The molecule has 0 spiro atoms. The molecule has 1 aromatic rings. The molecule has 0 bridgehead atoms. The normalized spacial score (nSPS) is 20.9. The Bertz CT molecular complexity index is 363. The van der Waals surface area contributed by atoms with Crippen molar-refractivity contribution in [2.75, 3.05) is 18.9 Å². The molecule has 1 atom stereocenters. The minimum absolute atomic E-state index is 0.787. The van der Waals surface area contributed by atoms with Gasteiger partial charge in [0, 0.05) is 25.8 Å². The van der Waals surface area contributed by atoms with Crippen molar-refractivity contribution < 1.29 is 0 Å². The standard InChI is InChI=1S/C15H25N3/c1-3-6-14-7-4-5-10-18(14)12-13-8-9-17-15(11-13)16-2/h8-9,11,14H,3-7,10,12H2,1-2H3,(H,16,17). The van der Waals surface area contributed by atoms with Gasteiger partial charge < -0.3 is 5.32 Å². The third-order valence-electron chi connectivity index (χ3n) is 3.84. The van der Waals surface area contributed by atoms with Gasteiger partial charge in [0.2, 0.25) is 0 Å². The average molecular weight is 247 g/mol. The van der Waals surface area contributed by atoms with Gasteiger partial charge in [-0.15, -0.1) is 0 Å². The highest BCUT2D eigenvalue weighted by Crippen LogP contribution is 2.23. The second-order valence-corrected chi connectivity index (χ2v) is 5.21. The summed E-state index contributed by atoms with van der Waals surface area (Å²) in [4.78, 5) is 6.93. The van der Waals surface area contributed by atoms with Crippen LogP contribution in [-0.2, 0) is 6.54 Å². The molecular formula is C15H25N3. The van der Waals surface area contributed by atoms with E-state index >= 15 is 0 Å². The number of piperidine rings is 1. The maximum absolute atomic E-state index is 4.28. The highest BCUT2D eigenvalue weighted by atomic mass is 15.2. The molecule has 1 saturated heterocycles. The molecule has 0 aromatic carbocycles. The third kappa shape index (κ3) is 3.45. The largest absolute Gasteiger partial charge is 0.373 e. The summed E-state index contributed by atoms with van der Waals surface area (Å²) in [6.07, 6.45) is 8.66. The van der Waals surface area contributed by atoms with Crippen molar-refractivity contribution in [2.24, 2.45) is 0 Å². The summed E-state index contributed by atoms with van der Waals surface area (Å²) in [7, 11) is 1.92. The Morgan fingerprint density at radius 1 is 1.44 bits per heavy atom.